The molecule has 0 aliphatic carbocycles. The minimum atomic E-state index is -1.52. The number of carboxylic acid groups (broad SMARTS) is 1. The van der Waals surface area contributed by atoms with Crippen LogP contribution in [0.5, 0.6) is 17.2 Å². The lowest BCUT2D eigenvalue weighted by atomic mass is 10.0. The number of phenols is 3. The average molecular weight is 356 g/mol. The number of cyclic esters (lactones) is 1. The lowest BCUT2D eigenvalue weighted by molar-refractivity contribution is -0.131. The molecule has 1 aliphatic rings. The van der Waals surface area contributed by atoms with Crippen molar-refractivity contribution in [2.24, 2.45) is 0 Å². The first-order valence-corrected chi connectivity index (χ1v) is 7.24. The van der Waals surface area contributed by atoms with Gasteiger partial charge in [0.15, 0.2) is 23.0 Å². The number of aliphatic carboxylic acids is 1. The number of aliphatic hydroxyl groups excluding tert-OH is 1. The highest BCUT2D eigenvalue weighted by Crippen LogP contribution is 2.38. The summed E-state index contributed by atoms with van der Waals surface area (Å²) in [5, 5.41) is 48.1. The molecule has 0 saturated heterocycles. The Kier molecular flexibility index (Phi) is 4.01. The smallest absolute Gasteiger partial charge is 0.348 e. The normalized spacial score (nSPS) is 15.8. The minimum Gasteiger partial charge on any atom is -0.508 e. The van der Waals surface area contributed by atoms with E-state index in [0.29, 0.717) is 0 Å². The number of hydrogen-bond donors (Lipinski definition) is 5. The standard InChI is InChI=1S/C18H12O8/c19-10-4-1-8(2-5-10)13-15(22)16(26-18(13)25)14(17(23)24)9-3-6-11(20)12(21)7-9/h1-7,19-22H,(H,23,24)/b16-14+. The van der Waals surface area contributed by atoms with E-state index in [1.807, 2.05) is 0 Å². The molecule has 26 heavy (non-hydrogen) atoms. The number of ether oxygens (including phenoxy) is 1. The van der Waals surface area contributed by atoms with Crippen LogP contribution in [0, 0.1) is 0 Å². The molecular weight excluding hydrogens is 344 g/mol. The number of aliphatic hydroxyl groups is 1. The number of benzene rings is 2. The van der Waals surface area contributed by atoms with Gasteiger partial charge in [0, 0.05) is 0 Å². The largest absolute Gasteiger partial charge is 0.508 e. The lowest BCUT2D eigenvalue weighted by Crippen LogP contribution is -2.06. The monoisotopic (exact) mass is 356 g/mol. The van der Waals surface area contributed by atoms with Crippen LogP contribution in [0.15, 0.2) is 54.0 Å². The number of hydrogen-bond acceptors (Lipinski definition) is 7. The second kappa shape index (κ2) is 6.17. The fraction of sp³-hybridized carbons (Fsp3) is 0. The Morgan fingerprint density at radius 2 is 1.54 bits per heavy atom. The van der Waals surface area contributed by atoms with Gasteiger partial charge in [-0.15, -0.1) is 0 Å². The molecule has 5 N–H and O–H groups in total. The van der Waals surface area contributed by atoms with E-state index >= 15 is 0 Å². The Labute approximate surface area is 146 Å². The van der Waals surface area contributed by atoms with Gasteiger partial charge in [-0.2, -0.15) is 0 Å². The first kappa shape index (κ1) is 16.9. The highest BCUT2D eigenvalue weighted by atomic mass is 16.6. The van der Waals surface area contributed by atoms with Gasteiger partial charge in [-0.25, -0.2) is 9.59 Å². The van der Waals surface area contributed by atoms with Gasteiger partial charge in [-0.05, 0) is 35.4 Å². The zero-order valence-corrected chi connectivity index (χ0v) is 13.0. The topological polar surface area (TPSA) is 145 Å². The molecule has 8 nitrogen and oxygen atoms in total. The van der Waals surface area contributed by atoms with Crippen LogP contribution < -0.4 is 0 Å². The summed E-state index contributed by atoms with van der Waals surface area (Å²) >= 11 is 0. The van der Waals surface area contributed by atoms with Crippen molar-refractivity contribution in [1.82, 2.24) is 0 Å². The fourth-order valence-electron chi connectivity index (χ4n) is 2.49. The number of aromatic hydroxyl groups is 3. The maximum atomic E-state index is 12.1. The predicted octanol–water partition coefficient (Wildman–Crippen LogP) is 2.13. The number of phenolic OH excluding ortho intramolecular Hbond substituents is 3. The van der Waals surface area contributed by atoms with Gasteiger partial charge in [-0.1, -0.05) is 18.2 Å². The number of carboxylic acids is 1. The van der Waals surface area contributed by atoms with Crippen molar-refractivity contribution >= 4 is 23.1 Å². The van der Waals surface area contributed by atoms with Crippen LogP contribution in [0.1, 0.15) is 11.1 Å². The van der Waals surface area contributed by atoms with Crippen LogP contribution >= 0.6 is 0 Å². The molecule has 0 radical (unpaired) electrons. The van der Waals surface area contributed by atoms with E-state index in [9.17, 15) is 35.1 Å². The Morgan fingerprint density at radius 3 is 2.12 bits per heavy atom. The summed E-state index contributed by atoms with van der Waals surface area (Å²) < 4.78 is 4.95. The third kappa shape index (κ3) is 2.80. The fourth-order valence-corrected chi connectivity index (χ4v) is 2.49. The molecule has 132 valence electrons. The summed E-state index contributed by atoms with van der Waals surface area (Å²) in [4.78, 5) is 23.8. The van der Waals surface area contributed by atoms with Gasteiger partial charge in [0.1, 0.15) is 16.9 Å². The molecule has 0 spiro atoms. The first-order valence-electron chi connectivity index (χ1n) is 7.24. The number of esters is 1. The lowest BCUT2D eigenvalue weighted by Gasteiger charge is -2.08. The van der Waals surface area contributed by atoms with Crippen molar-refractivity contribution in [3.05, 3.63) is 65.1 Å². The van der Waals surface area contributed by atoms with Crippen LogP contribution in [0.4, 0.5) is 0 Å². The van der Waals surface area contributed by atoms with Crippen LogP contribution in [0.3, 0.4) is 0 Å². The molecule has 0 atom stereocenters. The molecule has 1 heterocycles. The van der Waals surface area contributed by atoms with Gasteiger partial charge in [-0.3, -0.25) is 0 Å². The number of rotatable bonds is 3. The summed E-state index contributed by atoms with van der Waals surface area (Å²) in [5.74, 6) is -4.85. The van der Waals surface area contributed by atoms with E-state index in [1.165, 1.54) is 30.3 Å². The molecule has 0 aromatic heterocycles. The first-order chi connectivity index (χ1) is 12.3. The van der Waals surface area contributed by atoms with E-state index in [1.54, 1.807) is 0 Å². The quantitative estimate of drug-likeness (QED) is 0.319. The molecule has 1 aliphatic heterocycles. The van der Waals surface area contributed by atoms with Crippen LogP contribution in [0.2, 0.25) is 0 Å². The van der Waals surface area contributed by atoms with E-state index in [4.69, 9.17) is 4.74 Å². The van der Waals surface area contributed by atoms with Crippen LogP contribution in [0.25, 0.3) is 11.1 Å². The van der Waals surface area contributed by atoms with Gasteiger partial charge in [0.25, 0.3) is 0 Å². The molecule has 2 aromatic rings. The van der Waals surface area contributed by atoms with Crippen molar-refractivity contribution in [1.29, 1.82) is 0 Å². The third-order valence-electron chi connectivity index (χ3n) is 3.71. The minimum absolute atomic E-state index is 0.0539. The SMILES string of the molecule is O=C1O/C(=C(/C(=O)O)c2ccc(O)c(O)c2)C(O)=C1c1ccc(O)cc1. The van der Waals surface area contributed by atoms with E-state index in [2.05, 4.69) is 0 Å². The molecule has 0 fully saturated rings. The summed E-state index contributed by atoms with van der Waals surface area (Å²) in [5.41, 5.74) is -0.700. The van der Waals surface area contributed by atoms with Crippen LogP contribution in [-0.2, 0) is 14.3 Å². The Morgan fingerprint density at radius 1 is 0.885 bits per heavy atom. The molecular formula is C18H12O8. The van der Waals surface area contributed by atoms with Crippen molar-refractivity contribution in [3.63, 3.8) is 0 Å². The summed E-state index contributed by atoms with van der Waals surface area (Å²) in [6.45, 7) is 0. The van der Waals surface area contributed by atoms with Gasteiger partial charge in [0.05, 0.1) is 0 Å². The van der Waals surface area contributed by atoms with E-state index < -0.39 is 40.5 Å². The van der Waals surface area contributed by atoms with Crippen molar-refractivity contribution in [2.45, 2.75) is 0 Å². The second-order valence-electron chi connectivity index (χ2n) is 5.37. The zero-order valence-electron chi connectivity index (χ0n) is 13.0. The van der Waals surface area contributed by atoms with E-state index in [0.717, 1.165) is 12.1 Å². The van der Waals surface area contributed by atoms with Crippen molar-refractivity contribution in [3.8, 4) is 17.2 Å². The average Bonchev–Trinajstić information content (AvgIpc) is 2.86. The third-order valence-corrected chi connectivity index (χ3v) is 3.71. The van der Waals surface area contributed by atoms with E-state index in [-0.39, 0.29) is 22.4 Å². The molecule has 8 heteroatoms. The molecule has 0 amide bonds. The Hall–Kier alpha value is -3.94. The highest BCUT2D eigenvalue weighted by molar-refractivity contribution is 6.25. The molecule has 0 saturated carbocycles. The molecule has 0 unspecified atom stereocenters. The molecule has 2 aromatic carbocycles. The molecule has 3 rings (SSSR count). The maximum absolute atomic E-state index is 12.1. The summed E-state index contributed by atoms with van der Waals surface area (Å²) in [7, 11) is 0. The Bertz CT molecular complexity index is 983. The van der Waals surface area contributed by atoms with Crippen LogP contribution in [-0.4, -0.2) is 37.5 Å². The van der Waals surface area contributed by atoms with Gasteiger partial charge >= 0.3 is 11.9 Å². The Balaban J connectivity index is 2.21. The van der Waals surface area contributed by atoms with Gasteiger partial charge < -0.3 is 30.3 Å². The number of carbonyl (C=O) groups excluding carboxylic acids is 1. The van der Waals surface area contributed by atoms with Crippen molar-refractivity contribution < 1.29 is 39.9 Å². The van der Waals surface area contributed by atoms with Gasteiger partial charge in [0.2, 0.25) is 0 Å². The molecule has 0 bridgehead atoms. The maximum Gasteiger partial charge on any atom is 0.348 e. The summed E-state index contributed by atoms with van der Waals surface area (Å²) in [6.07, 6.45) is 0. The summed E-state index contributed by atoms with van der Waals surface area (Å²) in [6, 6.07) is 8.51. The number of carbonyl (C=O) groups is 2. The zero-order chi connectivity index (χ0) is 19.0. The predicted molar refractivity (Wildman–Crippen MR) is 88.1 cm³/mol. The van der Waals surface area contributed by atoms with Crippen molar-refractivity contribution in [2.75, 3.05) is 0 Å². The highest BCUT2D eigenvalue weighted by Gasteiger charge is 2.36. The second-order valence-corrected chi connectivity index (χ2v) is 5.37.